The molecule has 0 aliphatic heterocycles. The molecule has 0 saturated carbocycles. The number of hydrogen-bond donors (Lipinski definition) is 1. The van der Waals surface area contributed by atoms with Crippen molar-refractivity contribution in [3.63, 3.8) is 0 Å². The Balaban J connectivity index is 2.10. The number of phenolic OH excluding ortho intramolecular Hbond substituents is 1. The molecule has 0 fully saturated rings. The van der Waals surface area contributed by atoms with Crippen molar-refractivity contribution < 1.29 is 5.11 Å². The highest BCUT2D eigenvalue weighted by Gasteiger charge is 2.24. The van der Waals surface area contributed by atoms with Crippen LogP contribution < -0.4 is 0 Å². The van der Waals surface area contributed by atoms with Gasteiger partial charge in [0.05, 0.1) is 0 Å². The Morgan fingerprint density at radius 1 is 0.667 bits per heavy atom. The lowest BCUT2D eigenvalue weighted by Gasteiger charge is -2.25. The molecular weight excluding hydrogens is 364 g/mol. The number of rotatable bonds is 10. The van der Waals surface area contributed by atoms with Crippen molar-refractivity contribution in [3.05, 3.63) is 101 Å². The summed E-state index contributed by atoms with van der Waals surface area (Å²) < 4.78 is 0. The minimum atomic E-state index is 0.229. The highest BCUT2D eigenvalue weighted by Crippen LogP contribution is 2.43. The van der Waals surface area contributed by atoms with Gasteiger partial charge in [-0.2, -0.15) is 0 Å². The fourth-order valence-corrected chi connectivity index (χ4v) is 4.56. The second kappa shape index (κ2) is 11.0. The second-order valence-corrected chi connectivity index (χ2v) is 8.50. The molecule has 0 aromatic heterocycles. The molecule has 3 aromatic rings. The monoisotopic (exact) mass is 400 g/mol. The van der Waals surface area contributed by atoms with E-state index in [4.69, 9.17) is 0 Å². The van der Waals surface area contributed by atoms with Crippen LogP contribution in [0.25, 0.3) is 0 Å². The molecule has 2 unspecified atom stereocenters. The Labute approximate surface area is 182 Å². The summed E-state index contributed by atoms with van der Waals surface area (Å²) in [6.07, 6.45) is 6.74. The summed E-state index contributed by atoms with van der Waals surface area (Å²) in [6, 6.07) is 25.8. The highest BCUT2D eigenvalue weighted by atomic mass is 16.3. The molecule has 0 aliphatic carbocycles. The van der Waals surface area contributed by atoms with Gasteiger partial charge in [0.2, 0.25) is 0 Å². The molecule has 0 heterocycles. The molecule has 0 spiro atoms. The standard InChI is InChI=1S/C29H36O/c1-4-6-18-25(23-14-10-8-11-15-23)27-20-22(3)21-28(29(27)30)26(19-7-5-2)24-16-12-9-13-17-24/h8-17,20-21,25-26,30H,4-7,18-19H2,1-3H3. The van der Waals surface area contributed by atoms with Crippen molar-refractivity contribution >= 4 is 0 Å². The van der Waals surface area contributed by atoms with Gasteiger partial charge in [0, 0.05) is 23.0 Å². The maximum atomic E-state index is 11.6. The van der Waals surface area contributed by atoms with E-state index in [1.807, 2.05) is 0 Å². The fourth-order valence-electron chi connectivity index (χ4n) is 4.56. The summed E-state index contributed by atoms with van der Waals surface area (Å²) in [4.78, 5) is 0. The van der Waals surface area contributed by atoms with Crippen molar-refractivity contribution in [1.29, 1.82) is 0 Å². The summed E-state index contributed by atoms with van der Waals surface area (Å²) >= 11 is 0. The van der Waals surface area contributed by atoms with Crippen LogP contribution in [0.3, 0.4) is 0 Å². The molecule has 0 saturated heterocycles. The topological polar surface area (TPSA) is 20.2 Å². The van der Waals surface area contributed by atoms with Gasteiger partial charge in [-0.15, -0.1) is 0 Å². The van der Waals surface area contributed by atoms with Crippen molar-refractivity contribution in [2.75, 3.05) is 0 Å². The first-order valence-corrected chi connectivity index (χ1v) is 11.6. The van der Waals surface area contributed by atoms with E-state index >= 15 is 0 Å². The Morgan fingerprint density at radius 2 is 1.07 bits per heavy atom. The van der Waals surface area contributed by atoms with Crippen LogP contribution in [0.5, 0.6) is 5.75 Å². The number of aromatic hydroxyl groups is 1. The zero-order valence-corrected chi connectivity index (χ0v) is 18.8. The van der Waals surface area contributed by atoms with Gasteiger partial charge in [0.1, 0.15) is 5.75 Å². The van der Waals surface area contributed by atoms with E-state index in [-0.39, 0.29) is 11.8 Å². The van der Waals surface area contributed by atoms with E-state index in [0.29, 0.717) is 5.75 Å². The molecular formula is C29H36O. The molecule has 3 aromatic carbocycles. The summed E-state index contributed by atoms with van der Waals surface area (Å²) in [5, 5.41) is 11.6. The van der Waals surface area contributed by atoms with Crippen LogP contribution in [-0.4, -0.2) is 5.11 Å². The second-order valence-electron chi connectivity index (χ2n) is 8.50. The van der Waals surface area contributed by atoms with Crippen LogP contribution in [0.4, 0.5) is 0 Å². The molecule has 1 nitrogen and oxygen atoms in total. The summed E-state index contributed by atoms with van der Waals surface area (Å²) in [5.74, 6) is 0.954. The number of hydrogen-bond acceptors (Lipinski definition) is 1. The average molecular weight is 401 g/mol. The van der Waals surface area contributed by atoms with E-state index in [2.05, 4.69) is 93.6 Å². The van der Waals surface area contributed by atoms with E-state index in [9.17, 15) is 5.11 Å². The molecule has 0 bridgehead atoms. The molecule has 30 heavy (non-hydrogen) atoms. The molecule has 0 radical (unpaired) electrons. The van der Waals surface area contributed by atoms with Gasteiger partial charge in [0.15, 0.2) is 0 Å². The number of phenols is 1. The van der Waals surface area contributed by atoms with Crippen molar-refractivity contribution in [2.24, 2.45) is 0 Å². The lowest BCUT2D eigenvalue weighted by atomic mass is 9.80. The predicted molar refractivity (Wildman–Crippen MR) is 128 cm³/mol. The van der Waals surface area contributed by atoms with Gasteiger partial charge in [-0.25, -0.2) is 0 Å². The third-order valence-electron chi connectivity index (χ3n) is 6.16. The Bertz CT molecular complexity index is 826. The minimum Gasteiger partial charge on any atom is -0.507 e. The van der Waals surface area contributed by atoms with Crippen molar-refractivity contribution in [1.82, 2.24) is 0 Å². The van der Waals surface area contributed by atoms with Crippen LogP contribution in [0.1, 0.15) is 92.0 Å². The summed E-state index contributed by atoms with van der Waals surface area (Å²) in [6.45, 7) is 6.63. The first-order valence-electron chi connectivity index (χ1n) is 11.6. The van der Waals surface area contributed by atoms with E-state index < -0.39 is 0 Å². The van der Waals surface area contributed by atoms with Crippen LogP contribution in [0.2, 0.25) is 0 Å². The zero-order chi connectivity index (χ0) is 21.3. The van der Waals surface area contributed by atoms with E-state index in [1.54, 1.807) is 0 Å². The van der Waals surface area contributed by atoms with Crippen LogP contribution in [-0.2, 0) is 0 Å². The molecule has 0 aliphatic rings. The quantitative estimate of drug-likeness (QED) is 0.362. The predicted octanol–water partition coefficient (Wildman–Crippen LogP) is 8.34. The van der Waals surface area contributed by atoms with Gasteiger partial charge in [0.25, 0.3) is 0 Å². The van der Waals surface area contributed by atoms with Gasteiger partial charge in [-0.1, -0.05) is 118 Å². The number of unbranched alkanes of at least 4 members (excludes halogenated alkanes) is 2. The van der Waals surface area contributed by atoms with Gasteiger partial charge in [-0.05, 0) is 30.9 Å². The molecule has 3 rings (SSSR count). The Kier molecular flexibility index (Phi) is 8.13. The van der Waals surface area contributed by atoms with Crippen molar-refractivity contribution in [2.45, 2.75) is 71.1 Å². The third-order valence-corrected chi connectivity index (χ3v) is 6.16. The maximum Gasteiger partial charge on any atom is 0.123 e. The van der Waals surface area contributed by atoms with Crippen LogP contribution in [0, 0.1) is 6.92 Å². The summed E-state index contributed by atoms with van der Waals surface area (Å²) in [7, 11) is 0. The minimum absolute atomic E-state index is 0.229. The third kappa shape index (κ3) is 5.33. The lowest BCUT2D eigenvalue weighted by Crippen LogP contribution is -2.07. The Hall–Kier alpha value is -2.54. The normalized spacial score (nSPS) is 13.2. The van der Waals surface area contributed by atoms with Gasteiger partial charge < -0.3 is 5.11 Å². The maximum absolute atomic E-state index is 11.6. The highest BCUT2D eigenvalue weighted by molar-refractivity contribution is 5.52. The SMILES string of the molecule is CCCCC(c1ccccc1)c1cc(C)cc(C(CCCC)c2ccccc2)c1O. The smallest absolute Gasteiger partial charge is 0.123 e. The largest absolute Gasteiger partial charge is 0.507 e. The lowest BCUT2D eigenvalue weighted by molar-refractivity contribution is 0.448. The number of aryl methyl sites for hydroxylation is 1. The van der Waals surface area contributed by atoms with E-state index in [1.165, 1.54) is 16.7 Å². The molecule has 158 valence electrons. The average Bonchev–Trinajstić information content (AvgIpc) is 2.78. The van der Waals surface area contributed by atoms with Gasteiger partial charge >= 0.3 is 0 Å². The molecule has 0 amide bonds. The molecule has 1 N–H and O–H groups in total. The number of benzene rings is 3. The van der Waals surface area contributed by atoms with Gasteiger partial charge in [-0.3, -0.25) is 0 Å². The molecule has 2 atom stereocenters. The molecule has 1 heteroatoms. The van der Waals surface area contributed by atoms with Crippen LogP contribution >= 0.6 is 0 Å². The van der Waals surface area contributed by atoms with E-state index in [0.717, 1.165) is 49.7 Å². The first-order chi connectivity index (χ1) is 14.7. The fraction of sp³-hybridized carbons (Fsp3) is 0.379. The van der Waals surface area contributed by atoms with Crippen molar-refractivity contribution in [3.8, 4) is 5.75 Å². The summed E-state index contributed by atoms with van der Waals surface area (Å²) in [5.41, 5.74) is 5.99. The van der Waals surface area contributed by atoms with Crippen LogP contribution in [0.15, 0.2) is 72.8 Å². The first kappa shape index (κ1) is 22.2. The zero-order valence-electron chi connectivity index (χ0n) is 18.8. The Morgan fingerprint density at radius 3 is 1.43 bits per heavy atom.